The van der Waals surface area contributed by atoms with Crippen LogP contribution in [-0.2, 0) is 6.54 Å². The van der Waals surface area contributed by atoms with Crippen LogP contribution < -0.4 is 5.32 Å². The third-order valence-corrected chi connectivity index (χ3v) is 3.30. The molecule has 1 atom stereocenters. The topological polar surface area (TPSA) is 52.5 Å². The summed E-state index contributed by atoms with van der Waals surface area (Å²) in [5.41, 5.74) is 0.889. The van der Waals surface area contributed by atoms with Gasteiger partial charge in [-0.25, -0.2) is 0 Å². The highest BCUT2D eigenvalue weighted by atomic mass is 16.3. The predicted molar refractivity (Wildman–Crippen MR) is 73.6 cm³/mol. The number of fused-ring (bicyclic) bond motifs is 1. The lowest BCUT2D eigenvalue weighted by molar-refractivity contribution is 0.238. The normalized spacial score (nSPS) is 12.8. The number of aliphatic hydroxyl groups excluding tert-OH is 1. The molecule has 0 radical (unpaired) electrons. The van der Waals surface area contributed by atoms with Crippen molar-refractivity contribution in [2.24, 2.45) is 0 Å². The average Bonchev–Trinajstić information content (AvgIpc) is 2.42. The molecule has 0 aliphatic rings. The molecule has 2 aromatic rings. The molecule has 0 spiro atoms. The summed E-state index contributed by atoms with van der Waals surface area (Å²) in [6, 6.07) is 11.7. The third kappa shape index (κ3) is 2.63. The van der Waals surface area contributed by atoms with Crippen LogP contribution in [0.2, 0.25) is 0 Å². The first-order chi connectivity index (χ1) is 8.76. The van der Waals surface area contributed by atoms with Crippen molar-refractivity contribution < 1.29 is 10.2 Å². The first kappa shape index (κ1) is 12.9. The molecule has 0 fully saturated rings. The molecule has 0 unspecified atom stereocenters. The number of hydrogen-bond donors (Lipinski definition) is 3. The Labute approximate surface area is 107 Å². The van der Waals surface area contributed by atoms with Crippen LogP contribution in [0.5, 0.6) is 5.75 Å². The maximum atomic E-state index is 9.96. The first-order valence-electron chi connectivity index (χ1n) is 6.30. The van der Waals surface area contributed by atoms with E-state index in [0.29, 0.717) is 12.3 Å². The molecule has 0 bridgehead atoms. The van der Waals surface area contributed by atoms with Crippen molar-refractivity contribution in [2.75, 3.05) is 6.61 Å². The minimum absolute atomic E-state index is 0.0726. The van der Waals surface area contributed by atoms with Crippen molar-refractivity contribution >= 4 is 10.8 Å². The summed E-state index contributed by atoms with van der Waals surface area (Å²) < 4.78 is 0. The Bertz CT molecular complexity index is 521. The molecule has 0 heterocycles. The van der Waals surface area contributed by atoms with Crippen molar-refractivity contribution in [1.82, 2.24) is 5.32 Å². The fourth-order valence-corrected chi connectivity index (χ4v) is 2.09. The molecule has 0 saturated heterocycles. The maximum Gasteiger partial charge on any atom is 0.120 e. The van der Waals surface area contributed by atoms with Gasteiger partial charge in [-0.15, -0.1) is 0 Å². The quantitative estimate of drug-likeness (QED) is 0.758. The Hall–Kier alpha value is -1.58. The molecule has 96 valence electrons. The smallest absolute Gasteiger partial charge is 0.120 e. The zero-order valence-electron chi connectivity index (χ0n) is 10.6. The van der Waals surface area contributed by atoms with E-state index in [1.165, 1.54) is 0 Å². The summed E-state index contributed by atoms with van der Waals surface area (Å²) >= 11 is 0. The van der Waals surface area contributed by atoms with E-state index in [-0.39, 0.29) is 12.6 Å². The lowest BCUT2D eigenvalue weighted by atomic mass is 10.0. The molecule has 0 aliphatic heterocycles. The minimum Gasteiger partial charge on any atom is -0.508 e. The fraction of sp³-hybridized carbons (Fsp3) is 0.333. The molecule has 2 rings (SSSR count). The average molecular weight is 245 g/mol. The molecule has 3 N–H and O–H groups in total. The van der Waals surface area contributed by atoms with Crippen molar-refractivity contribution in [1.29, 1.82) is 0 Å². The van der Waals surface area contributed by atoms with Gasteiger partial charge in [0, 0.05) is 18.2 Å². The van der Waals surface area contributed by atoms with E-state index in [2.05, 4.69) is 5.32 Å². The van der Waals surface area contributed by atoms with Gasteiger partial charge < -0.3 is 15.5 Å². The zero-order valence-corrected chi connectivity index (χ0v) is 10.6. The largest absolute Gasteiger partial charge is 0.508 e. The molecule has 18 heavy (non-hydrogen) atoms. The molecule has 0 aliphatic carbocycles. The second-order valence-corrected chi connectivity index (χ2v) is 4.45. The van der Waals surface area contributed by atoms with Gasteiger partial charge in [0.05, 0.1) is 6.61 Å². The third-order valence-electron chi connectivity index (χ3n) is 3.30. The van der Waals surface area contributed by atoms with E-state index in [1.807, 2.05) is 37.3 Å². The van der Waals surface area contributed by atoms with Crippen LogP contribution in [0.1, 0.15) is 18.9 Å². The summed E-state index contributed by atoms with van der Waals surface area (Å²) in [6.07, 6.45) is 0.863. The molecule has 0 aromatic heterocycles. The van der Waals surface area contributed by atoms with Crippen LogP contribution in [0.15, 0.2) is 36.4 Å². The molecule has 0 saturated carbocycles. The van der Waals surface area contributed by atoms with Crippen molar-refractivity contribution in [2.45, 2.75) is 25.9 Å². The predicted octanol–water partition coefficient (Wildman–Crippen LogP) is 2.41. The SMILES string of the molecule is CC[C@@H](CO)NCc1c(O)ccc2ccccc12. The fourth-order valence-electron chi connectivity index (χ4n) is 2.09. The molecular weight excluding hydrogens is 226 g/mol. The van der Waals surface area contributed by atoms with Crippen LogP contribution >= 0.6 is 0 Å². The Morgan fingerprint density at radius 1 is 1.17 bits per heavy atom. The van der Waals surface area contributed by atoms with Gasteiger partial charge in [-0.05, 0) is 23.3 Å². The number of phenolic OH excluding ortho intramolecular Hbond substituents is 1. The van der Waals surface area contributed by atoms with E-state index in [9.17, 15) is 5.11 Å². The van der Waals surface area contributed by atoms with Gasteiger partial charge in [-0.3, -0.25) is 0 Å². The minimum atomic E-state index is 0.0726. The molecule has 0 amide bonds. The molecular formula is C15H19NO2. The number of hydrogen-bond acceptors (Lipinski definition) is 3. The summed E-state index contributed by atoms with van der Waals surface area (Å²) in [6.45, 7) is 2.70. The van der Waals surface area contributed by atoms with Crippen LogP contribution in [0, 0.1) is 0 Å². The molecule has 3 heteroatoms. The molecule has 2 aromatic carbocycles. The summed E-state index contributed by atoms with van der Waals surface area (Å²) in [4.78, 5) is 0. The number of nitrogens with one attached hydrogen (secondary N) is 1. The lowest BCUT2D eigenvalue weighted by Crippen LogP contribution is -2.31. The Balaban J connectivity index is 2.29. The number of phenols is 1. The van der Waals surface area contributed by atoms with Gasteiger partial charge in [0.15, 0.2) is 0 Å². The number of aromatic hydroxyl groups is 1. The number of rotatable bonds is 5. The van der Waals surface area contributed by atoms with E-state index >= 15 is 0 Å². The monoisotopic (exact) mass is 245 g/mol. The van der Waals surface area contributed by atoms with Crippen molar-refractivity contribution in [3.8, 4) is 5.75 Å². The molecule has 3 nitrogen and oxygen atoms in total. The highest BCUT2D eigenvalue weighted by molar-refractivity contribution is 5.87. The summed E-state index contributed by atoms with van der Waals surface area (Å²) in [5.74, 6) is 0.300. The number of aliphatic hydroxyl groups is 1. The zero-order chi connectivity index (χ0) is 13.0. The van der Waals surface area contributed by atoms with E-state index in [0.717, 1.165) is 22.8 Å². The second kappa shape index (κ2) is 5.85. The van der Waals surface area contributed by atoms with Crippen LogP contribution in [0.4, 0.5) is 0 Å². The summed E-state index contributed by atoms with van der Waals surface area (Å²) in [7, 11) is 0. The van der Waals surface area contributed by atoms with E-state index in [4.69, 9.17) is 5.11 Å². The van der Waals surface area contributed by atoms with Gasteiger partial charge in [-0.2, -0.15) is 0 Å². The van der Waals surface area contributed by atoms with Gasteiger partial charge in [-0.1, -0.05) is 37.3 Å². The Morgan fingerprint density at radius 3 is 2.67 bits per heavy atom. The van der Waals surface area contributed by atoms with Crippen LogP contribution in [0.25, 0.3) is 10.8 Å². The first-order valence-corrected chi connectivity index (χ1v) is 6.30. The lowest BCUT2D eigenvalue weighted by Gasteiger charge is -2.16. The van der Waals surface area contributed by atoms with Crippen LogP contribution in [0.3, 0.4) is 0 Å². The highest BCUT2D eigenvalue weighted by Crippen LogP contribution is 2.26. The van der Waals surface area contributed by atoms with Gasteiger partial charge in [0.1, 0.15) is 5.75 Å². The van der Waals surface area contributed by atoms with Crippen LogP contribution in [-0.4, -0.2) is 22.9 Å². The van der Waals surface area contributed by atoms with E-state index < -0.39 is 0 Å². The summed E-state index contributed by atoms with van der Waals surface area (Å²) in [5, 5.41) is 24.6. The van der Waals surface area contributed by atoms with Gasteiger partial charge >= 0.3 is 0 Å². The van der Waals surface area contributed by atoms with Crippen molar-refractivity contribution in [3.05, 3.63) is 42.0 Å². The van der Waals surface area contributed by atoms with Gasteiger partial charge in [0.2, 0.25) is 0 Å². The van der Waals surface area contributed by atoms with E-state index in [1.54, 1.807) is 6.07 Å². The maximum absolute atomic E-state index is 9.96. The highest BCUT2D eigenvalue weighted by Gasteiger charge is 2.09. The number of benzene rings is 2. The van der Waals surface area contributed by atoms with Crippen molar-refractivity contribution in [3.63, 3.8) is 0 Å². The Morgan fingerprint density at radius 2 is 1.94 bits per heavy atom. The second-order valence-electron chi connectivity index (χ2n) is 4.45. The Kier molecular flexibility index (Phi) is 4.18. The standard InChI is InChI=1S/C15H19NO2/c1-2-12(10-17)16-9-14-13-6-4-3-5-11(13)7-8-15(14)18/h3-8,12,16-18H,2,9-10H2,1H3/t12-/m0/s1. The van der Waals surface area contributed by atoms with Gasteiger partial charge in [0.25, 0.3) is 0 Å².